The number of para-hydroxylation sites is 1. The molecular formula is C24H34N4O2S. The fraction of sp³-hybridized carbons (Fsp3) is 0.625. The zero-order valence-electron chi connectivity index (χ0n) is 18.5. The third kappa shape index (κ3) is 4.86. The molecule has 7 heteroatoms. The second kappa shape index (κ2) is 9.98. The Kier molecular flexibility index (Phi) is 7.10. The highest BCUT2D eigenvalue weighted by Gasteiger charge is 2.44. The average Bonchev–Trinajstić information content (AvgIpc) is 2.81. The quantitative estimate of drug-likeness (QED) is 0.542. The molecule has 2 aliphatic heterocycles. The summed E-state index contributed by atoms with van der Waals surface area (Å²) in [7, 11) is 0. The van der Waals surface area contributed by atoms with Crippen molar-refractivity contribution >= 4 is 34.8 Å². The molecule has 168 valence electrons. The lowest BCUT2D eigenvalue weighted by Gasteiger charge is -2.45. The highest BCUT2D eigenvalue weighted by molar-refractivity contribution is 7.80. The number of nitrogens with one attached hydrogen (secondary N) is 1. The summed E-state index contributed by atoms with van der Waals surface area (Å²) < 4.78 is 0. The highest BCUT2D eigenvalue weighted by atomic mass is 32.1. The second-order valence-electron chi connectivity index (χ2n) is 9.02. The van der Waals surface area contributed by atoms with Crippen molar-refractivity contribution in [1.82, 2.24) is 15.1 Å². The lowest BCUT2D eigenvalue weighted by atomic mass is 9.76. The number of nitrogens with zero attached hydrogens (tertiary/aromatic N) is 3. The van der Waals surface area contributed by atoms with Gasteiger partial charge in [0.2, 0.25) is 11.8 Å². The van der Waals surface area contributed by atoms with Crippen molar-refractivity contribution < 1.29 is 9.59 Å². The molecule has 3 unspecified atom stereocenters. The Labute approximate surface area is 190 Å². The molecule has 2 amide bonds. The maximum absolute atomic E-state index is 13.2. The molecule has 3 aliphatic rings. The molecule has 0 bridgehead atoms. The normalized spacial score (nSPS) is 26.5. The molecule has 31 heavy (non-hydrogen) atoms. The second-order valence-corrected chi connectivity index (χ2v) is 9.40. The maximum atomic E-state index is 13.2. The van der Waals surface area contributed by atoms with Crippen LogP contribution in [0.15, 0.2) is 30.3 Å². The number of unbranched alkanes of at least 4 members (excludes halogenated alkanes) is 2. The van der Waals surface area contributed by atoms with E-state index in [-0.39, 0.29) is 29.7 Å². The van der Waals surface area contributed by atoms with Gasteiger partial charge < -0.3 is 15.1 Å². The predicted molar refractivity (Wildman–Crippen MR) is 127 cm³/mol. The summed E-state index contributed by atoms with van der Waals surface area (Å²) in [5, 5.41) is 3.95. The fourth-order valence-corrected chi connectivity index (χ4v) is 5.53. The SMILES string of the molecule is CCCCCN1C(=O)C2CCC(C(=O)N3CCN(c4ccccc4)CC3)CC2NC1=S. The van der Waals surface area contributed by atoms with Crippen molar-refractivity contribution in [2.24, 2.45) is 11.8 Å². The molecule has 6 nitrogen and oxygen atoms in total. The number of amides is 2. The molecule has 4 rings (SSSR count). The first-order chi connectivity index (χ1) is 15.1. The Morgan fingerprint density at radius 3 is 2.55 bits per heavy atom. The number of carbonyl (C=O) groups is 2. The van der Waals surface area contributed by atoms with Gasteiger partial charge in [0.15, 0.2) is 5.11 Å². The monoisotopic (exact) mass is 442 g/mol. The Morgan fingerprint density at radius 2 is 1.84 bits per heavy atom. The van der Waals surface area contributed by atoms with Crippen LogP contribution in [-0.2, 0) is 9.59 Å². The van der Waals surface area contributed by atoms with Crippen LogP contribution >= 0.6 is 12.2 Å². The molecular weight excluding hydrogens is 408 g/mol. The molecule has 1 aliphatic carbocycles. The zero-order valence-corrected chi connectivity index (χ0v) is 19.3. The Bertz CT molecular complexity index is 794. The molecule has 1 saturated carbocycles. The van der Waals surface area contributed by atoms with E-state index in [1.54, 1.807) is 4.90 Å². The van der Waals surface area contributed by atoms with Gasteiger partial charge >= 0.3 is 0 Å². The summed E-state index contributed by atoms with van der Waals surface area (Å²) in [5.41, 5.74) is 1.22. The summed E-state index contributed by atoms with van der Waals surface area (Å²) in [6.07, 6.45) is 5.48. The van der Waals surface area contributed by atoms with Gasteiger partial charge in [-0.15, -0.1) is 0 Å². The van der Waals surface area contributed by atoms with Crippen LogP contribution in [0.2, 0.25) is 0 Å². The van der Waals surface area contributed by atoms with Crippen molar-refractivity contribution in [3.05, 3.63) is 30.3 Å². The molecule has 0 radical (unpaired) electrons. The van der Waals surface area contributed by atoms with E-state index in [0.717, 1.165) is 58.3 Å². The molecule has 0 aromatic heterocycles. The largest absolute Gasteiger partial charge is 0.368 e. The number of rotatable bonds is 6. The predicted octanol–water partition coefficient (Wildman–Crippen LogP) is 3.03. The van der Waals surface area contributed by atoms with Gasteiger partial charge in [0.05, 0.1) is 5.92 Å². The van der Waals surface area contributed by atoms with E-state index in [1.165, 1.54) is 5.69 Å². The average molecular weight is 443 g/mol. The lowest BCUT2D eigenvalue weighted by Crippen LogP contribution is -2.62. The Morgan fingerprint density at radius 1 is 1.10 bits per heavy atom. The molecule has 1 N–H and O–H groups in total. The van der Waals surface area contributed by atoms with Gasteiger partial charge in [-0.05, 0) is 50.0 Å². The number of piperazine rings is 1. The van der Waals surface area contributed by atoms with E-state index in [1.807, 2.05) is 11.0 Å². The first-order valence-electron chi connectivity index (χ1n) is 11.8. The summed E-state index contributed by atoms with van der Waals surface area (Å²) in [6, 6.07) is 10.4. The van der Waals surface area contributed by atoms with Crippen molar-refractivity contribution in [3.63, 3.8) is 0 Å². The van der Waals surface area contributed by atoms with Gasteiger partial charge in [0.25, 0.3) is 0 Å². The summed E-state index contributed by atoms with van der Waals surface area (Å²) >= 11 is 5.50. The van der Waals surface area contributed by atoms with Crippen molar-refractivity contribution in [2.75, 3.05) is 37.6 Å². The number of benzene rings is 1. The molecule has 2 heterocycles. The molecule has 3 fully saturated rings. The number of anilines is 1. The first-order valence-corrected chi connectivity index (χ1v) is 12.2. The van der Waals surface area contributed by atoms with E-state index in [2.05, 4.69) is 41.4 Å². The van der Waals surface area contributed by atoms with Crippen molar-refractivity contribution in [3.8, 4) is 0 Å². The third-order valence-corrected chi connectivity index (χ3v) is 7.37. The minimum atomic E-state index is -0.0488. The number of fused-ring (bicyclic) bond motifs is 1. The molecule has 0 spiro atoms. The number of hydrogen-bond acceptors (Lipinski definition) is 4. The van der Waals surface area contributed by atoms with E-state index >= 15 is 0 Å². The van der Waals surface area contributed by atoms with Crippen molar-refractivity contribution in [2.45, 2.75) is 51.5 Å². The van der Waals surface area contributed by atoms with E-state index < -0.39 is 0 Å². The Hall–Kier alpha value is -2.15. The fourth-order valence-electron chi connectivity index (χ4n) is 5.20. The number of carbonyl (C=O) groups excluding carboxylic acids is 2. The number of hydrogen-bond donors (Lipinski definition) is 1. The summed E-state index contributed by atoms with van der Waals surface area (Å²) in [6.45, 7) is 6.10. The smallest absolute Gasteiger partial charge is 0.233 e. The molecule has 2 saturated heterocycles. The maximum Gasteiger partial charge on any atom is 0.233 e. The van der Waals surface area contributed by atoms with E-state index in [4.69, 9.17) is 12.2 Å². The molecule has 1 aromatic carbocycles. The lowest BCUT2D eigenvalue weighted by molar-refractivity contribution is -0.142. The van der Waals surface area contributed by atoms with Crippen LogP contribution in [0.5, 0.6) is 0 Å². The van der Waals surface area contributed by atoms with Crippen LogP contribution in [-0.4, -0.2) is 65.5 Å². The Balaban J connectivity index is 1.30. The van der Waals surface area contributed by atoms with Gasteiger partial charge in [-0.1, -0.05) is 38.0 Å². The van der Waals surface area contributed by atoms with Gasteiger partial charge in [-0.2, -0.15) is 0 Å². The minimum absolute atomic E-state index is 0.00395. The number of thiocarbonyl (C=S) groups is 1. The van der Waals surface area contributed by atoms with Crippen LogP contribution < -0.4 is 10.2 Å². The zero-order chi connectivity index (χ0) is 21.8. The van der Waals surface area contributed by atoms with Gasteiger partial charge in [0, 0.05) is 50.4 Å². The summed E-state index contributed by atoms with van der Waals surface area (Å²) in [4.78, 5) is 32.4. The van der Waals surface area contributed by atoms with E-state index in [9.17, 15) is 9.59 Å². The molecule has 3 atom stereocenters. The third-order valence-electron chi connectivity index (χ3n) is 7.03. The standard InChI is InChI=1S/C24H34N4O2S/c1-2-3-7-12-28-23(30)20-11-10-18(17-21(20)25-24(28)31)22(29)27-15-13-26(14-16-27)19-8-5-4-6-9-19/h4-6,8-9,18,20-21H,2-3,7,10-17H2,1H3,(H,25,31). The van der Waals surface area contributed by atoms with Gasteiger partial charge in [-0.3, -0.25) is 14.5 Å². The first kappa shape index (κ1) is 22.1. The van der Waals surface area contributed by atoms with Crippen molar-refractivity contribution in [1.29, 1.82) is 0 Å². The van der Waals surface area contributed by atoms with E-state index in [0.29, 0.717) is 18.1 Å². The van der Waals surface area contributed by atoms with Crippen LogP contribution in [0, 0.1) is 11.8 Å². The van der Waals surface area contributed by atoms with Crippen LogP contribution in [0.3, 0.4) is 0 Å². The topological polar surface area (TPSA) is 55.9 Å². The minimum Gasteiger partial charge on any atom is -0.368 e. The van der Waals surface area contributed by atoms with Gasteiger partial charge in [0.1, 0.15) is 0 Å². The van der Waals surface area contributed by atoms with Crippen LogP contribution in [0.4, 0.5) is 5.69 Å². The summed E-state index contributed by atoms with van der Waals surface area (Å²) in [5.74, 6) is 0.343. The van der Waals surface area contributed by atoms with Crippen LogP contribution in [0.1, 0.15) is 45.4 Å². The van der Waals surface area contributed by atoms with Crippen LogP contribution in [0.25, 0.3) is 0 Å². The molecule has 1 aromatic rings. The highest BCUT2D eigenvalue weighted by Crippen LogP contribution is 2.34. The van der Waals surface area contributed by atoms with Gasteiger partial charge in [-0.25, -0.2) is 0 Å².